The number of likely N-dealkylation sites (tertiary alicyclic amines) is 1. The molecule has 0 bridgehead atoms. The molecule has 1 saturated heterocycles. The van der Waals surface area contributed by atoms with Gasteiger partial charge in [-0.2, -0.15) is 0 Å². The average Bonchev–Trinajstić information content (AvgIpc) is 2.73. The van der Waals surface area contributed by atoms with Crippen molar-refractivity contribution < 1.29 is 14.0 Å². The highest BCUT2D eigenvalue weighted by molar-refractivity contribution is 5.97. The fraction of sp³-hybridized carbons (Fsp3) is 0.391. The summed E-state index contributed by atoms with van der Waals surface area (Å²) < 4.78 is 13.0. The lowest BCUT2D eigenvalue weighted by atomic mass is 10.0. The molecule has 1 aliphatic heterocycles. The molecule has 0 spiro atoms. The lowest BCUT2D eigenvalue weighted by molar-refractivity contribution is -0.133. The van der Waals surface area contributed by atoms with Crippen LogP contribution in [0.5, 0.6) is 0 Å². The number of likely N-dealkylation sites (N-methyl/N-ethyl adjacent to an activating group) is 1. The standard InChI is InChI=1S/C23H27FN2O2/c1-25(16-18-6-3-2-4-7-18)21-8-5-15-26(17-21)23(28)14-13-22(27)19-9-11-20(24)12-10-19/h2-4,6-7,9-12,21H,5,8,13-17H2,1H3. The average molecular weight is 382 g/mol. The van der Waals surface area contributed by atoms with E-state index in [2.05, 4.69) is 24.1 Å². The van der Waals surface area contributed by atoms with Gasteiger partial charge in [-0.05, 0) is 49.7 Å². The van der Waals surface area contributed by atoms with Crippen molar-refractivity contribution in [3.05, 3.63) is 71.5 Å². The number of halogens is 1. The summed E-state index contributed by atoms with van der Waals surface area (Å²) in [5.74, 6) is -0.469. The Kier molecular flexibility index (Phi) is 6.93. The Labute approximate surface area is 166 Å². The summed E-state index contributed by atoms with van der Waals surface area (Å²) in [5, 5.41) is 0. The number of carbonyl (C=O) groups is 2. The number of amides is 1. The fourth-order valence-corrected chi connectivity index (χ4v) is 3.70. The molecule has 5 heteroatoms. The third-order valence-corrected chi connectivity index (χ3v) is 5.38. The molecule has 0 aliphatic carbocycles. The molecule has 1 heterocycles. The quantitative estimate of drug-likeness (QED) is 0.682. The first kappa shape index (κ1) is 20.2. The van der Waals surface area contributed by atoms with Crippen molar-refractivity contribution in [2.24, 2.45) is 0 Å². The number of Topliss-reactive ketones (excluding diaryl/α,β-unsaturated/α-hetero) is 1. The summed E-state index contributed by atoms with van der Waals surface area (Å²) in [5.41, 5.74) is 1.71. The summed E-state index contributed by atoms with van der Waals surface area (Å²) in [6.45, 7) is 2.31. The molecule has 1 unspecified atom stereocenters. The number of ketones is 1. The van der Waals surface area contributed by atoms with E-state index in [1.165, 1.54) is 29.8 Å². The van der Waals surface area contributed by atoms with Crippen LogP contribution in [0.1, 0.15) is 41.6 Å². The molecule has 1 aliphatic rings. The van der Waals surface area contributed by atoms with Crippen LogP contribution < -0.4 is 0 Å². The molecule has 2 aromatic carbocycles. The van der Waals surface area contributed by atoms with Gasteiger partial charge in [-0.25, -0.2) is 4.39 Å². The van der Waals surface area contributed by atoms with Crippen LogP contribution in [0.25, 0.3) is 0 Å². The van der Waals surface area contributed by atoms with E-state index in [9.17, 15) is 14.0 Å². The number of rotatable bonds is 7. The van der Waals surface area contributed by atoms with Crippen molar-refractivity contribution in [1.29, 1.82) is 0 Å². The van der Waals surface area contributed by atoms with Gasteiger partial charge < -0.3 is 4.90 Å². The van der Waals surface area contributed by atoms with Crippen LogP contribution >= 0.6 is 0 Å². The molecule has 148 valence electrons. The highest BCUT2D eigenvalue weighted by Gasteiger charge is 2.26. The normalized spacial score (nSPS) is 17.0. The van der Waals surface area contributed by atoms with Crippen LogP contribution in [0.2, 0.25) is 0 Å². The van der Waals surface area contributed by atoms with Crippen LogP contribution in [0.15, 0.2) is 54.6 Å². The molecule has 3 rings (SSSR count). The summed E-state index contributed by atoms with van der Waals surface area (Å²) in [7, 11) is 2.10. The highest BCUT2D eigenvalue weighted by atomic mass is 19.1. The lowest BCUT2D eigenvalue weighted by Gasteiger charge is -2.37. The molecule has 0 radical (unpaired) electrons. The zero-order valence-electron chi connectivity index (χ0n) is 16.3. The summed E-state index contributed by atoms with van der Waals surface area (Å²) in [6.07, 6.45) is 2.40. The maximum absolute atomic E-state index is 13.0. The minimum atomic E-state index is -0.369. The topological polar surface area (TPSA) is 40.6 Å². The van der Waals surface area contributed by atoms with Gasteiger partial charge in [-0.1, -0.05) is 30.3 Å². The maximum Gasteiger partial charge on any atom is 0.223 e. The van der Waals surface area contributed by atoms with Gasteiger partial charge in [0.05, 0.1) is 0 Å². The van der Waals surface area contributed by atoms with Crippen molar-refractivity contribution in [2.75, 3.05) is 20.1 Å². The number of hydrogen-bond donors (Lipinski definition) is 0. The molecule has 1 amide bonds. The second kappa shape index (κ2) is 9.60. The molecule has 1 atom stereocenters. The second-order valence-corrected chi connectivity index (χ2v) is 7.47. The summed E-state index contributed by atoms with van der Waals surface area (Å²) >= 11 is 0. The molecule has 4 nitrogen and oxygen atoms in total. The minimum Gasteiger partial charge on any atom is -0.341 e. The van der Waals surface area contributed by atoms with Gasteiger partial charge in [-0.3, -0.25) is 14.5 Å². The third-order valence-electron chi connectivity index (χ3n) is 5.38. The largest absolute Gasteiger partial charge is 0.341 e. The zero-order valence-corrected chi connectivity index (χ0v) is 16.3. The van der Waals surface area contributed by atoms with Gasteiger partial charge in [0.1, 0.15) is 5.82 Å². The number of hydrogen-bond acceptors (Lipinski definition) is 3. The van der Waals surface area contributed by atoms with Gasteiger partial charge >= 0.3 is 0 Å². The van der Waals surface area contributed by atoms with Crippen LogP contribution in [0.3, 0.4) is 0 Å². The van der Waals surface area contributed by atoms with Crippen molar-refractivity contribution in [3.8, 4) is 0 Å². The Morgan fingerprint density at radius 2 is 1.79 bits per heavy atom. The van der Waals surface area contributed by atoms with E-state index < -0.39 is 0 Å². The van der Waals surface area contributed by atoms with Gasteiger partial charge in [0.2, 0.25) is 5.91 Å². The summed E-state index contributed by atoms with van der Waals surface area (Å²) in [6, 6.07) is 16.1. The van der Waals surface area contributed by atoms with Crippen LogP contribution in [-0.2, 0) is 11.3 Å². The Balaban J connectivity index is 1.49. The minimum absolute atomic E-state index is 0.0215. The SMILES string of the molecule is CN(Cc1ccccc1)C1CCCN(C(=O)CCC(=O)c2ccc(F)cc2)C1. The predicted molar refractivity (Wildman–Crippen MR) is 107 cm³/mol. The predicted octanol–water partition coefficient (Wildman–Crippen LogP) is 3.91. The van der Waals surface area contributed by atoms with Crippen molar-refractivity contribution >= 4 is 11.7 Å². The number of carbonyl (C=O) groups excluding carboxylic acids is 2. The van der Waals surface area contributed by atoms with Gasteiger partial charge in [0.15, 0.2) is 5.78 Å². The van der Waals surface area contributed by atoms with Crippen molar-refractivity contribution in [1.82, 2.24) is 9.80 Å². The molecule has 1 fully saturated rings. The third kappa shape index (κ3) is 5.49. The van der Waals surface area contributed by atoms with E-state index >= 15 is 0 Å². The van der Waals surface area contributed by atoms with Crippen molar-refractivity contribution in [3.63, 3.8) is 0 Å². The molecule has 0 saturated carbocycles. The first-order valence-electron chi connectivity index (χ1n) is 9.83. The van der Waals surface area contributed by atoms with E-state index in [0.29, 0.717) is 18.2 Å². The molecular weight excluding hydrogens is 355 g/mol. The van der Waals surface area contributed by atoms with E-state index in [4.69, 9.17) is 0 Å². The maximum atomic E-state index is 13.0. The van der Waals surface area contributed by atoms with Gasteiger partial charge in [0.25, 0.3) is 0 Å². The molecule has 28 heavy (non-hydrogen) atoms. The van der Waals surface area contributed by atoms with Crippen LogP contribution in [0, 0.1) is 5.82 Å². The Hall–Kier alpha value is -2.53. The number of piperidine rings is 1. The van der Waals surface area contributed by atoms with E-state index in [-0.39, 0.29) is 30.3 Å². The Morgan fingerprint density at radius 3 is 2.50 bits per heavy atom. The smallest absolute Gasteiger partial charge is 0.223 e. The first-order chi connectivity index (χ1) is 13.5. The summed E-state index contributed by atoms with van der Waals surface area (Å²) in [4.78, 5) is 29.0. The van der Waals surface area contributed by atoms with E-state index in [1.54, 1.807) is 0 Å². The second-order valence-electron chi connectivity index (χ2n) is 7.47. The Bertz CT molecular complexity index is 792. The van der Waals surface area contributed by atoms with E-state index in [1.807, 2.05) is 23.1 Å². The number of benzene rings is 2. The van der Waals surface area contributed by atoms with Gasteiger partial charge in [-0.15, -0.1) is 0 Å². The lowest BCUT2D eigenvalue weighted by Crippen LogP contribution is -2.48. The monoisotopic (exact) mass is 382 g/mol. The van der Waals surface area contributed by atoms with Crippen LogP contribution in [-0.4, -0.2) is 47.7 Å². The molecule has 0 N–H and O–H groups in total. The van der Waals surface area contributed by atoms with Crippen molar-refractivity contribution in [2.45, 2.75) is 38.3 Å². The molecule has 0 aromatic heterocycles. The molecule has 2 aromatic rings. The zero-order chi connectivity index (χ0) is 19.9. The van der Waals surface area contributed by atoms with Gasteiger partial charge in [0, 0.05) is 44.1 Å². The van der Waals surface area contributed by atoms with Crippen LogP contribution in [0.4, 0.5) is 4.39 Å². The fourth-order valence-electron chi connectivity index (χ4n) is 3.70. The first-order valence-corrected chi connectivity index (χ1v) is 9.83. The molecular formula is C23H27FN2O2. The number of nitrogens with zero attached hydrogens (tertiary/aromatic N) is 2. The highest BCUT2D eigenvalue weighted by Crippen LogP contribution is 2.18. The van der Waals surface area contributed by atoms with E-state index in [0.717, 1.165) is 25.9 Å². The Morgan fingerprint density at radius 1 is 1.07 bits per heavy atom.